The van der Waals surface area contributed by atoms with Gasteiger partial charge in [-0.2, -0.15) is 0 Å². The molecule has 3 heteroatoms. The fourth-order valence-electron chi connectivity index (χ4n) is 4.47. The molecule has 0 heterocycles. The van der Waals surface area contributed by atoms with E-state index >= 15 is 0 Å². The van der Waals surface area contributed by atoms with Crippen LogP contribution in [0.3, 0.4) is 0 Å². The first kappa shape index (κ1) is 9.02. The van der Waals surface area contributed by atoms with E-state index in [0.29, 0.717) is 5.84 Å². The van der Waals surface area contributed by atoms with E-state index < -0.39 is 0 Å². The van der Waals surface area contributed by atoms with Crippen LogP contribution in [0.1, 0.15) is 38.5 Å². The lowest BCUT2D eigenvalue weighted by molar-refractivity contribution is 0.000708. The van der Waals surface area contributed by atoms with Crippen molar-refractivity contribution in [3.05, 3.63) is 0 Å². The van der Waals surface area contributed by atoms with E-state index in [1.54, 1.807) is 0 Å². The van der Waals surface area contributed by atoms with Crippen molar-refractivity contribution in [2.45, 2.75) is 43.4 Å². The minimum atomic E-state index is -0.00810. The van der Waals surface area contributed by atoms with Gasteiger partial charge in [-0.25, -0.2) is 0 Å². The minimum absolute atomic E-state index is 0.00421. The fraction of sp³-hybridized carbons (Fsp3) is 0.909. The molecule has 2 atom stereocenters. The van der Waals surface area contributed by atoms with E-state index in [-0.39, 0.29) is 10.3 Å². The molecule has 4 bridgehead atoms. The molecule has 0 aliphatic heterocycles. The molecule has 4 saturated carbocycles. The first-order valence-electron chi connectivity index (χ1n) is 5.55. The Bertz CT molecular complexity index is 286. The van der Waals surface area contributed by atoms with Gasteiger partial charge in [0.25, 0.3) is 0 Å². The molecule has 78 valence electrons. The van der Waals surface area contributed by atoms with E-state index in [9.17, 15) is 0 Å². The number of alkyl halides is 1. The lowest BCUT2D eigenvalue weighted by Crippen LogP contribution is -2.57. The molecule has 4 aliphatic carbocycles. The largest absolute Gasteiger partial charge is 0.387 e. The van der Waals surface area contributed by atoms with Gasteiger partial charge in [-0.15, -0.1) is 11.6 Å². The predicted molar refractivity (Wildman–Crippen MR) is 57.6 cm³/mol. The maximum Gasteiger partial charge on any atom is 0.0969 e. The van der Waals surface area contributed by atoms with Gasteiger partial charge in [-0.05, 0) is 50.4 Å². The second-order valence-corrected chi connectivity index (χ2v) is 6.61. The number of hydrogen-bond donors (Lipinski definition) is 2. The van der Waals surface area contributed by atoms with E-state index in [1.807, 2.05) is 0 Å². The maximum atomic E-state index is 7.78. The summed E-state index contributed by atoms with van der Waals surface area (Å²) in [5.41, 5.74) is 5.77. The van der Waals surface area contributed by atoms with Crippen LogP contribution in [0.25, 0.3) is 0 Å². The summed E-state index contributed by atoms with van der Waals surface area (Å²) in [7, 11) is 0. The number of amidine groups is 1. The highest BCUT2D eigenvalue weighted by atomic mass is 35.5. The Hall–Kier alpha value is -0.240. The minimum Gasteiger partial charge on any atom is -0.387 e. The number of hydrogen-bond acceptors (Lipinski definition) is 1. The Morgan fingerprint density at radius 2 is 1.79 bits per heavy atom. The molecule has 0 spiro atoms. The van der Waals surface area contributed by atoms with Gasteiger partial charge in [0, 0.05) is 10.3 Å². The van der Waals surface area contributed by atoms with Crippen molar-refractivity contribution in [1.82, 2.24) is 0 Å². The lowest BCUT2D eigenvalue weighted by atomic mass is 9.49. The maximum absolute atomic E-state index is 7.78. The van der Waals surface area contributed by atoms with Crippen molar-refractivity contribution in [3.63, 3.8) is 0 Å². The van der Waals surface area contributed by atoms with Gasteiger partial charge < -0.3 is 5.73 Å². The first-order valence-corrected chi connectivity index (χ1v) is 5.93. The van der Waals surface area contributed by atoms with Crippen molar-refractivity contribution in [1.29, 1.82) is 5.41 Å². The Labute approximate surface area is 89.7 Å². The highest BCUT2D eigenvalue weighted by Gasteiger charge is 2.58. The van der Waals surface area contributed by atoms with E-state index in [2.05, 4.69) is 0 Å². The average Bonchev–Trinajstić information content (AvgIpc) is 1.98. The molecule has 2 unspecified atom stereocenters. The molecular weight excluding hydrogens is 196 g/mol. The van der Waals surface area contributed by atoms with E-state index in [4.69, 9.17) is 22.7 Å². The average molecular weight is 213 g/mol. The second kappa shape index (κ2) is 2.46. The number of nitrogens with two attached hydrogens (primary N) is 1. The second-order valence-electron chi connectivity index (χ2n) is 5.81. The van der Waals surface area contributed by atoms with Crippen molar-refractivity contribution < 1.29 is 0 Å². The number of rotatable bonds is 1. The molecule has 4 aliphatic rings. The van der Waals surface area contributed by atoms with E-state index in [0.717, 1.165) is 31.1 Å². The zero-order chi connectivity index (χ0) is 9.97. The SMILES string of the molecule is N=C(N)C12CC3CC(CC(Cl)(C3)C1)C2. The van der Waals surface area contributed by atoms with Gasteiger partial charge >= 0.3 is 0 Å². The van der Waals surface area contributed by atoms with Gasteiger partial charge in [0.2, 0.25) is 0 Å². The summed E-state index contributed by atoms with van der Waals surface area (Å²) in [6, 6.07) is 0. The summed E-state index contributed by atoms with van der Waals surface area (Å²) in [4.78, 5) is -0.00421. The Kier molecular flexibility index (Phi) is 1.59. The Morgan fingerprint density at radius 3 is 2.21 bits per heavy atom. The van der Waals surface area contributed by atoms with Crippen LogP contribution in [0.4, 0.5) is 0 Å². The van der Waals surface area contributed by atoms with Gasteiger partial charge in [0.15, 0.2) is 0 Å². The topological polar surface area (TPSA) is 49.9 Å². The van der Waals surface area contributed by atoms with Crippen LogP contribution in [-0.4, -0.2) is 10.7 Å². The third-order valence-corrected chi connectivity index (χ3v) is 5.00. The predicted octanol–water partition coefficient (Wildman–Crippen LogP) is 2.50. The summed E-state index contributed by atoms with van der Waals surface area (Å²) in [5, 5.41) is 7.78. The molecule has 14 heavy (non-hydrogen) atoms. The quantitative estimate of drug-likeness (QED) is 0.392. The molecule has 4 rings (SSSR count). The highest BCUT2D eigenvalue weighted by Crippen LogP contribution is 2.63. The van der Waals surface area contributed by atoms with Crippen LogP contribution in [0.15, 0.2) is 0 Å². The van der Waals surface area contributed by atoms with Gasteiger partial charge in [0.05, 0.1) is 5.84 Å². The Morgan fingerprint density at radius 1 is 1.21 bits per heavy atom. The summed E-state index contributed by atoms with van der Waals surface area (Å²) in [6.45, 7) is 0. The molecule has 3 N–H and O–H groups in total. The normalized spacial score (nSPS) is 54.9. The molecular formula is C11H17ClN2. The van der Waals surface area contributed by atoms with Crippen molar-refractivity contribution >= 4 is 17.4 Å². The van der Waals surface area contributed by atoms with Gasteiger partial charge in [-0.3, -0.25) is 5.41 Å². The van der Waals surface area contributed by atoms with Crippen LogP contribution in [-0.2, 0) is 0 Å². The Balaban J connectivity index is 2.00. The molecule has 2 nitrogen and oxygen atoms in total. The summed E-state index contributed by atoms with van der Waals surface area (Å²) < 4.78 is 0. The smallest absolute Gasteiger partial charge is 0.0969 e. The third kappa shape index (κ3) is 1.06. The zero-order valence-electron chi connectivity index (χ0n) is 8.35. The number of halogens is 1. The monoisotopic (exact) mass is 212 g/mol. The molecule has 0 saturated heterocycles. The molecule has 0 radical (unpaired) electrons. The highest BCUT2D eigenvalue weighted by molar-refractivity contribution is 6.24. The van der Waals surface area contributed by atoms with Crippen LogP contribution < -0.4 is 5.73 Å². The summed E-state index contributed by atoms with van der Waals surface area (Å²) in [6.07, 6.45) is 6.90. The van der Waals surface area contributed by atoms with Gasteiger partial charge in [0.1, 0.15) is 0 Å². The van der Waals surface area contributed by atoms with Crippen LogP contribution >= 0.6 is 11.6 Å². The number of nitrogens with one attached hydrogen (secondary N) is 1. The lowest BCUT2D eigenvalue weighted by Gasteiger charge is -2.59. The third-order valence-electron chi connectivity index (χ3n) is 4.56. The van der Waals surface area contributed by atoms with Crippen molar-refractivity contribution in [2.75, 3.05) is 0 Å². The molecule has 0 aromatic carbocycles. The van der Waals surface area contributed by atoms with Crippen LogP contribution in [0.2, 0.25) is 0 Å². The molecule has 0 aromatic heterocycles. The van der Waals surface area contributed by atoms with Crippen molar-refractivity contribution in [3.8, 4) is 0 Å². The molecule has 0 aromatic rings. The molecule has 4 fully saturated rings. The van der Waals surface area contributed by atoms with Crippen molar-refractivity contribution in [2.24, 2.45) is 23.0 Å². The van der Waals surface area contributed by atoms with Crippen LogP contribution in [0, 0.1) is 22.7 Å². The van der Waals surface area contributed by atoms with Crippen LogP contribution in [0.5, 0.6) is 0 Å². The standard InChI is InChI=1S/C11H17ClN2/c12-11-4-7-1-8(5-11)3-10(2-7,6-11)9(13)14/h7-8H,1-6H2,(H3,13,14). The fourth-order valence-corrected chi connectivity index (χ4v) is 5.16. The first-order chi connectivity index (χ1) is 6.51. The zero-order valence-corrected chi connectivity index (χ0v) is 9.11. The summed E-state index contributed by atoms with van der Waals surface area (Å²) >= 11 is 6.61. The summed E-state index contributed by atoms with van der Waals surface area (Å²) in [5.74, 6) is 1.90. The van der Waals surface area contributed by atoms with Gasteiger partial charge in [-0.1, -0.05) is 0 Å². The molecule has 0 amide bonds. The van der Waals surface area contributed by atoms with E-state index in [1.165, 1.54) is 19.3 Å².